The first-order valence-corrected chi connectivity index (χ1v) is 8.60. The number of carboxylic acids is 1. The number of pyridine rings is 1. The van der Waals surface area contributed by atoms with Crippen molar-refractivity contribution in [2.24, 2.45) is 0 Å². The molecule has 0 bridgehead atoms. The first-order valence-electron chi connectivity index (χ1n) is 8.60. The highest BCUT2D eigenvalue weighted by Gasteiger charge is 2.26. The average Bonchev–Trinajstić information content (AvgIpc) is 2.96. The van der Waals surface area contributed by atoms with Crippen molar-refractivity contribution in [2.45, 2.75) is 19.5 Å². The molecule has 3 heterocycles. The van der Waals surface area contributed by atoms with Gasteiger partial charge in [-0.1, -0.05) is 36.4 Å². The molecule has 5 heteroatoms. The van der Waals surface area contributed by atoms with Crippen LogP contribution < -0.4 is 5.56 Å². The number of nitrogens with zero attached hydrogens (tertiary/aromatic N) is 2. The molecule has 0 radical (unpaired) electrons. The number of fused-ring (bicyclic) bond motifs is 6. The minimum Gasteiger partial charge on any atom is -0.480 e. The third-order valence-corrected chi connectivity index (χ3v) is 5.22. The molecular weight excluding hydrogens is 328 g/mol. The Labute approximate surface area is 148 Å². The van der Waals surface area contributed by atoms with Crippen LogP contribution in [0.4, 0.5) is 0 Å². The minimum absolute atomic E-state index is 0.0177. The first-order chi connectivity index (χ1) is 12.6. The summed E-state index contributed by atoms with van der Waals surface area (Å²) < 4.78 is 3.61. The van der Waals surface area contributed by atoms with Crippen LogP contribution in [-0.4, -0.2) is 20.2 Å². The lowest BCUT2D eigenvalue weighted by molar-refractivity contribution is -0.137. The number of para-hydroxylation sites is 1. The number of hydrogen-bond donors (Lipinski definition) is 1. The van der Waals surface area contributed by atoms with Crippen LogP contribution in [-0.2, 0) is 24.3 Å². The number of aromatic nitrogens is 2. The fraction of sp³-hybridized carbons (Fsp3) is 0.143. The lowest BCUT2D eigenvalue weighted by atomic mass is 10.00. The van der Waals surface area contributed by atoms with E-state index in [1.165, 1.54) is 0 Å². The fourth-order valence-corrected chi connectivity index (χ4v) is 4.16. The lowest BCUT2D eigenvalue weighted by Gasteiger charge is -2.22. The quantitative estimate of drug-likeness (QED) is 0.607. The summed E-state index contributed by atoms with van der Waals surface area (Å²) in [5, 5.41) is 12.1. The average molecular weight is 344 g/mol. The molecule has 0 aliphatic carbocycles. The Morgan fingerprint density at radius 3 is 2.58 bits per heavy atom. The molecular formula is C21H16N2O3. The van der Waals surface area contributed by atoms with Crippen LogP contribution in [0.15, 0.2) is 59.4 Å². The van der Waals surface area contributed by atoms with Crippen LogP contribution in [0.1, 0.15) is 5.56 Å². The highest BCUT2D eigenvalue weighted by Crippen LogP contribution is 2.37. The number of carboxylic acid groups (broad SMARTS) is 1. The Balaban J connectivity index is 1.93. The van der Waals surface area contributed by atoms with Gasteiger partial charge in [-0.25, -0.2) is 0 Å². The van der Waals surface area contributed by atoms with Gasteiger partial charge in [0.15, 0.2) is 0 Å². The van der Waals surface area contributed by atoms with Gasteiger partial charge in [0.1, 0.15) is 6.54 Å². The van der Waals surface area contributed by atoms with Crippen LogP contribution in [0.3, 0.4) is 0 Å². The van der Waals surface area contributed by atoms with E-state index in [4.69, 9.17) is 0 Å². The van der Waals surface area contributed by atoms with Crippen molar-refractivity contribution in [3.8, 4) is 11.4 Å². The summed E-state index contributed by atoms with van der Waals surface area (Å²) in [6, 6.07) is 17.4. The Hall–Kier alpha value is -3.34. The van der Waals surface area contributed by atoms with Crippen LogP contribution in [0, 0.1) is 0 Å². The molecule has 128 valence electrons. The van der Waals surface area contributed by atoms with Crippen LogP contribution in [0.2, 0.25) is 0 Å². The molecule has 4 aromatic rings. The van der Waals surface area contributed by atoms with Gasteiger partial charge in [-0.3, -0.25) is 9.59 Å². The molecule has 1 aliphatic rings. The van der Waals surface area contributed by atoms with Gasteiger partial charge in [0.2, 0.25) is 0 Å². The number of hydrogen-bond acceptors (Lipinski definition) is 2. The lowest BCUT2D eigenvalue weighted by Crippen LogP contribution is -2.27. The molecule has 26 heavy (non-hydrogen) atoms. The number of aliphatic carboxylic acids is 1. The molecule has 1 N–H and O–H groups in total. The second kappa shape index (κ2) is 5.33. The molecule has 0 saturated heterocycles. The van der Waals surface area contributed by atoms with E-state index >= 15 is 0 Å². The van der Waals surface area contributed by atoms with Crippen molar-refractivity contribution >= 4 is 27.6 Å². The number of benzene rings is 2. The maximum atomic E-state index is 13.0. The molecule has 2 aromatic heterocycles. The van der Waals surface area contributed by atoms with Gasteiger partial charge >= 0.3 is 5.97 Å². The van der Waals surface area contributed by atoms with E-state index in [1.54, 1.807) is 4.57 Å². The predicted molar refractivity (Wildman–Crippen MR) is 100 cm³/mol. The zero-order valence-corrected chi connectivity index (χ0v) is 14.0. The molecule has 0 amide bonds. The Kier molecular flexibility index (Phi) is 3.06. The topological polar surface area (TPSA) is 64.2 Å². The van der Waals surface area contributed by atoms with Gasteiger partial charge in [-0.15, -0.1) is 0 Å². The Morgan fingerprint density at radius 1 is 1.04 bits per heavy atom. The van der Waals surface area contributed by atoms with Gasteiger partial charge in [0.25, 0.3) is 5.56 Å². The van der Waals surface area contributed by atoms with Gasteiger partial charge in [0, 0.05) is 22.8 Å². The first kappa shape index (κ1) is 15.0. The highest BCUT2D eigenvalue weighted by atomic mass is 16.4. The zero-order chi connectivity index (χ0) is 17.8. The summed E-state index contributed by atoms with van der Waals surface area (Å²) in [7, 11) is 0. The molecule has 5 nitrogen and oxygen atoms in total. The molecule has 0 spiro atoms. The largest absolute Gasteiger partial charge is 0.480 e. The van der Waals surface area contributed by atoms with E-state index in [2.05, 4.69) is 0 Å². The van der Waals surface area contributed by atoms with E-state index in [1.807, 2.05) is 59.2 Å². The van der Waals surface area contributed by atoms with Crippen LogP contribution in [0.25, 0.3) is 33.1 Å². The van der Waals surface area contributed by atoms with Crippen LogP contribution in [0.5, 0.6) is 0 Å². The highest BCUT2D eigenvalue weighted by molar-refractivity contribution is 5.95. The van der Waals surface area contributed by atoms with E-state index < -0.39 is 5.97 Å². The van der Waals surface area contributed by atoms with Crippen molar-refractivity contribution in [2.75, 3.05) is 0 Å². The van der Waals surface area contributed by atoms with E-state index in [-0.39, 0.29) is 12.1 Å². The molecule has 2 aromatic carbocycles. The van der Waals surface area contributed by atoms with Gasteiger partial charge in [-0.2, -0.15) is 0 Å². The van der Waals surface area contributed by atoms with Crippen LogP contribution >= 0.6 is 0 Å². The predicted octanol–water partition coefficient (Wildman–Crippen LogP) is 3.26. The summed E-state index contributed by atoms with van der Waals surface area (Å²) in [4.78, 5) is 24.5. The maximum Gasteiger partial charge on any atom is 0.323 e. The maximum absolute atomic E-state index is 13.0. The van der Waals surface area contributed by atoms with Crippen molar-refractivity contribution in [3.05, 3.63) is 70.5 Å². The molecule has 5 rings (SSSR count). The summed E-state index contributed by atoms with van der Waals surface area (Å²) >= 11 is 0. The number of rotatable bonds is 2. The third-order valence-electron chi connectivity index (χ3n) is 5.22. The summed E-state index contributed by atoms with van der Waals surface area (Å²) in [5.41, 5.74) is 3.65. The zero-order valence-electron chi connectivity index (χ0n) is 14.0. The van der Waals surface area contributed by atoms with Crippen molar-refractivity contribution in [1.29, 1.82) is 0 Å². The van der Waals surface area contributed by atoms with Gasteiger partial charge in [-0.05, 0) is 35.6 Å². The summed E-state index contributed by atoms with van der Waals surface area (Å²) in [5.74, 6) is -0.895. The normalized spacial score (nSPS) is 12.9. The molecule has 1 aliphatic heterocycles. The van der Waals surface area contributed by atoms with E-state index in [0.29, 0.717) is 18.4 Å². The standard InChI is InChI=1S/C21H16N2O3/c24-19(25)12-23-17-8-4-3-7-15(17)16-9-10-22-18(20(16)23)11-13-5-1-2-6-14(13)21(22)26/h1-8,11H,9-10,12H2,(H,24,25). The van der Waals surface area contributed by atoms with Crippen molar-refractivity contribution in [3.63, 3.8) is 0 Å². The monoisotopic (exact) mass is 344 g/mol. The van der Waals surface area contributed by atoms with E-state index in [0.717, 1.165) is 33.2 Å². The second-order valence-electron chi connectivity index (χ2n) is 6.65. The number of carbonyl (C=O) groups is 1. The Bertz CT molecular complexity index is 1260. The van der Waals surface area contributed by atoms with Crippen molar-refractivity contribution in [1.82, 2.24) is 9.13 Å². The molecule has 0 saturated carbocycles. The summed E-state index contributed by atoms with van der Waals surface area (Å²) in [6.45, 7) is 0.476. The molecule has 0 fully saturated rings. The smallest absolute Gasteiger partial charge is 0.323 e. The van der Waals surface area contributed by atoms with Gasteiger partial charge < -0.3 is 14.2 Å². The SMILES string of the molecule is O=C(O)Cn1c2c(c3ccccc31)CCn1c-2cc2ccccc2c1=O. The third kappa shape index (κ3) is 1.97. The van der Waals surface area contributed by atoms with E-state index in [9.17, 15) is 14.7 Å². The summed E-state index contributed by atoms with van der Waals surface area (Å²) in [6.07, 6.45) is 0.716. The fourth-order valence-electron chi connectivity index (χ4n) is 4.16. The second-order valence-corrected chi connectivity index (χ2v) is 6.65. The number of aryl methyl sites for hydroxylation is 1. The van der Waals surface area contributed by atoms with Gasteiger partial charge in [0.05, 0.1) is 11.4 Å². The Morgan fingerprint density at radius 2 is 1.77 bits per heavy atom. The minimum atomic E-state index is -0.895. The molecule has 0 atom stereocenters. The molecule has 0 unspecified atom stereocenters. The van der Waals surface area contributed by atoms with Crippen molar-refractivity contribution < 1.29 is 9.90 Å².